The van der Waals surface area contributed by atoms with Crippen LogP contribution in [0.25, 0.3) is 0 Å². The average molecular weight is 268 g/mol. The van der Waals surface area contributed by atoms with E-state index in [0.29, 0.717) is 0 Å². The first-order valence-electron chi connectivity index (χ1n) is 3.31. The zero-order valence-corrected chi connectivity index (χ0v) is 9.12. The molecular weight excluding hydrogens is 261 g/mol. The van der Waals surface area contributed by atoms with E-state index in [9.17, 15) is 12.8 Å². The molecule has 0 atom stereocenters. The molecule has 0 amide bonds. The van der Waals surface area contributed by atoms with Crippen molar-refractivity contribution in [3.63, 3.8) is 0 Å². The lowest BCUT2D eigenvalue weighted by molar-refractivity contribution is 0.594. The quantitative estimate of drug-likeness (QED) is 0.839. The Balaban J connectivity index is 3.47. The zero-order chi connectivity index (χ0) is 10.2. The fraction of sp³-hybridized carbons (Fsp3) is 0.143. The van der Waals surface area contributed by atoms with Crippen LogP contribution in [0.2, 0.25) is 0 Å². The minimum Gasteiger partial charge on any atom is -0.225 e. The largest absolute Gasteiger partial charge is 0.238 e. The third kappa shape index (κ3) is 2.26. The molecular formula is C7H7BrFNO2S. The van der Waals surface area contributed by atoms with E-state index in [-0.39, 0.29) is 14.9 Å². The van der Waals surface area contributed by atoms with Gasteiger partial charge in [0.2, 0.25) is 10.0 Å². The second-order valence-corrected chi connectivity index (χ2v) is 5.00. The van der Waals surface area contributed by atoms with Gasteiger partial charge >= 0.3 is 0 Å². The van der Waals surface area contributed by atoms with Crippen LogP contribution in [0, 0.1) is 12.7 Å². The van der Waals surface area contributed by atoms with Crippen molar-refractivity contribution >= 4 is 26.0 Å². The summed E-state index contributed by atoms with van der Waals surface area (Å²) in [5, 5.41) is 4.87. The molecule has 0 aliphatic carbocycles. The molecule has 2 N–H and O–H groups in total. The van der Waals surface area contributed by atoms with Crippen LogP contribution in [0.15, 0.2) is 21.5 Å². The number of primary sulfonamides is 1. The van der Waals surface area contributed by atoms with Crippen LogP contribution in [0.3, 0.4) is 0 Å². The maximum atomic E-state index is 13.0. The summed E-state index contributed by atoms with van der Waals surface area (Å²) in [6.07, 6.45) is 0. The highest BCUT2D eigenvalue weighted by molar-refractivity contribution is 9.10. The van der Waals surface area contributed by atoms with Gasteiger partial charge in [-0.2, -0.15) is 0 Å². The molecule has 0 bridgehead atoms. The Hall–Kier alpha value is -0.460. The summed E-state index contributed by atoms with van der Waals surface area (Å²) in [6, 6.07) is 2.33. The topological polar surface area (TPSA) is 60.2 Å². The number of benzene rings is 1. The third-order valence-electron chi connectivity index (χ3n) is 1.51. The Morgan fingerprint density at radius 3 is 2.38 bits per heavy atom. The van der Waals surface area contributed by atoms with Gasteiger partial charge in [0.15, 0.2) is 0 Å². The first-order chi connectivity index (χ1) is 5.82. The Morgan fingerprint density at radius 1 is 1.46 bits per heavy atom. The van der Waals surface area contributed by atoms with Crippen molar-refractivity contribution in [2.45, 2.75) is 11.8 Å². The highest BCUT2D eigenvalue weighted by atomic mass is 79.9. The van der Waals surface area contributed by atoms with Crippen LogP contribution in [-0.2, 0) is 10.0 Å². The van der Waals surface area contributed by atoms with Crippen LogP contribution >= 0.6 is 15.9 Å². The summed E-state index contributed by atoms with van der Waals surface area (Å²) in [5.41, 5.74) is 0.235. The van der Waals surface area contributed by atoms with Crippen molar-refractivity contribution in [2.24, 2.45) is 5.14 Å². The number of hydrogen-bond donors (Lipinski definition) is 1. The van der Waals surface area contributed by atoms with Crippen LogP contribution in [0.4, 0.5) is 4.39 Å². The Labute approximate surface area is 83.9 Å². The molecule has 13 heavy (non-hydrogen) atoms. The van der Waals surface area contributed by atoms with Crippen LogP contribution in [0.1, 0.15) is 5.56 Å². The van der Waals surface area contributed by atoms with Gasteiger partial charge in [-0.1, -0.05) is 0 Å². The van der Waals surface area contributed by atoms with Gasteiger partial charge in [-0.15, -0.1) is 0 Å². The number of nitrogens with two attached hydrogens (primary N) is 1. The van der Waals surface area contributed by atoms with Gasteiger partial charge in [0.1, 0.15) is 5.82 Å². The molecule has 0 fully saturated rings. The SMILES string of the molecule is Cc1cc(S(N)(=O)=O)cc(Br)c1F. The van der Waals surface area contributed by atoms with Gasteiger partial charge < -0.3 is 0 Å². The smallest absolute Gasteiger partial charge is 0.225 e. The van der Waals surface area contributed by atoms with Crippen molar-refractivity contribution in [1.29, 1.82) is 0 Å². The van der Waals surface area contributed by atoms with Crippen LogP contribution in [0.5, 0.6) is 0 Å². The molecule has 72 valence electrons. The van der Waals surface area contributed by atoms with Crippen molar-refractivity contribution < 1.29 is 12.8 Å². The van der Waals surface area contributed by atoms with Gasteiger partial charge in [-0.05, 0) is 40.5 Å². The van der Waals surface area contributed by atoms with E-state index in [4.69, 9.17) is 5.14 Å². The van der Waals surface area contributed by atoms with Gasteiger partial charge in [-0.3, -0.25) is 0 Å². The summed E-state index contributed by atoms with van der Waals surface area (Å²) in [4.78, 5) is -0.0988. The lowest BCUT2D eigenvalue weighted by Crippen LogP contribution is -2.12. The number of aryl methyl sites for hydroxylation is 1. The van der Waals surface area contributed by atoms with Gasteiger partial charge in [0.25, 0.3) is 0 Å². The lowest BCUT2D eigenvalue weighted by Gasteiger charge is -2.03. The molecule has 1 aromatic rings. The van der Waals surface area contributed by atoms with Crippen molar-refractivity contribution in [1.82, 2.24) is 0 Å². The average Bonchev–Trinajstić information content (AvgIpc) is 1.97. The third-order valence-corrected chi connectivity index (χ3v) is 2.98. The lowest BCUT2D eigenvalue weighted by atomic mass is 10.2. The Bertz CT molecular complexity index is 421. The normalized spacial score (nSPS) is 11.7. The standard InChI is InChI=1S/C7H7BrFNO2S/c1-4-2-5(13(10,11)12)3-6(8)7(4)9/h2-3H,1H3,(H2,10,11,12). The molecule has 0 aromatic heterocycles. The van der Waals surface area contributed by atoms with Gasteiger partial charge in [0, 0.05) is 0 Å². The molecule has 0 saturated carbocycles. The first-order valence-corrected chi connectivity index (χ1v) is 5.65. The van der Waals surface area contributed by atoms with Crippen molar-refractivity contribution in [3.05, 3.63) is 28.0 Å². The molecule has 0 heterocycles. The summed E-state index contributed by atoms with van der Waals surface area (Å²) in [6.45, 7) is 1.47. The fourth-order valence-electron chi connectivity index (χ4n) is 0.859. The molecule has 0 unspecified atom stereocenters. The van der Waals surface area contributed by atoms with Crippen molar-refractivity contribution in [2.75, 3.05) is 0 Å². The molecule has 6 heteroatoms. The Morgan fingerprint density at radius 2 is 2.00 bits per heavy atom. The summed E-state index contributed by atoms with van der Waals surface area (Å²) >= 11 is 2.89. The number of hydrogen-bond acceptors (Lipinski definition) is 2. The van der Waals surface area contributed by atoms with Gasteiger partial charge in [0.05, 0.1) is 9.37 Å². The monoisotopic (exact) mass is 267 g/mol. The summed E-state index contributed by atoms with van der Waals surface area (Å²) < 4.78 is 34.9. The van der Waals surface area contributed by atoms with E-state index in [1.165, 1.54) is 13.0 Å². The molecule has 0 saturated heterocycles. The second-order valence-electron chi connectivity index (χ2n) is 2.58. The van der Waals surface area contributed by atoms with E-state index in [1.807, 2.05) is 0 Å². The van der Waals surface area contributed by atoms with Gasteiger partial charge in [-0.25, -0.2) is 17.9 Å². The van der Waals surface area contributed by atoms with E-state index >= 15 is 0 Å². The molecule has 1 rings (SSSR count). The number of sulfonamides is 1. The Kier molecular flexibility index (Phi) is 2.74. The number of rotatable bonds is 1. The molecule has 0 aliphatic rings. The minimum atomic E-state index is -3.76. The van der Waals surface area contributed by atoms with E-state index in [0.717, 1.165) is 6.07 Å². The predicted molar refractivity (Wildman–Crippen MR) is 50.2 cm³/mol. The summed E-state index contributed by atoms with van der Waals surface area (Å²) in [7, 11) is -3.76. The molecule has 0 aliphatic heterocycles. The van der Waals surface area contributed by atoms with Crippen LogP contribution < -0.4 is 5.14 Å². The molecule has 0 radical (unpaired) electrons. The minimum absolute atomic E-state index is 0.0940. The first kappa shape index (κ1) is 10.6. The summed E-state index contributed by atoms with van der Waals surface area (Å²) in [5.74, 6) is -0.479. The maximum Gasteiger partial charge on any atom is 0.238 e. The highest BCUT2D eigenvalue weighted by Gasteiger charge is 2.12. The number of halogens is 2. The van der Waals surface area contributed by atoms with E-state index in [2.05, 4.69) is 15.9 Å². The van der Waals surface area contributed by atoms with Crippen LogP contribution in [-0.4, -0.2) is 8.42 Å². The van der Waals surface area contributed by atoms with E-state index < -0.39 is 15.8 Å². The maximum absolute atomic E-state index is 13.0. The zero-order valence-electron chi connectivity index (χ0n) is 6.71. The predicted octanol–water partition coefficient (Wildman–Crippen LogP) is 1.54. The molecule has 1 aromatic carbocycles. The van der Waals surface area contributed by atoms with E-state index in [1.54, 1.807) is 0 Å². The molecule has 3 nitrogen and oxygen atoms in total. The molecule has 0 spiro atoms. The fourth-order valence-corrected chi connectivity index (χ4v) is 2.19. The van der Waals surface area contributed by atoms with Crippen molar-refractivity contribution in [3.8, 4) is 0 Å². The highest BCUT2D eigenvalue weighted by Crippen LogP contribution is 2.22. The second kappa shape index (κ2) is 3.36.